The molecule has 1 rings (SSSR count). The van der Waals surface area contributed by atoms with E-state index in [4.69, 9.17) is 0 Å². The molecule has 5 heteroatoms. The van der Waals surface area contributed by atoms with E-state index in [0.717, 1.165) is 0 Å². The number of nitrogens with one attached hydrogen (secondary N) is 3. The van der Waals surface area contributed by atoms with Gasteiger partial charge in [-0.3, -0.25) is 4.79 Å². The minimum atomic E-state index is -0.273. The van der Waals surface area contributed by atoms with Gasteiger partial charge in [0.2, 0.25) is 0 Å². The molecule has 0 aliphatic rings. The molecule has 0 heterocycles. The summed E-state index contributed by atoms with van der Waals surface area (Å²) in [6.45, 7) is 9.56. The predicted molar refractivity (Wildman–Crippen MR) is 81.0 cm³/mol. The second-order valence-corrected chi connectivity index (χ2v) is 6.03. The van der Waals surface area contributed by atoms with E-state index < -0.39 is 0 Å². The summed E-state index contributed by atoms with van der Waals surface area (Å²) in [5, 5.41) is 8.32. The zero-order chi connectivity index (χ0) is 15.3. The van der Waals surface area contributed by atoms with Crippen molar-refractivity contribution in [1.29, 1.82) is 0 Å². The van der Waals surface area contributed by atoms with Gasteiger partial charge in [0, 0.05) is 22.8 Å². The Kier molecular flexibility index (Phi) is 5.13. The van der Waals surface area contributed by atoms with Gasteiger partial charge in [-0.15, -0.1) is 0 Å². The number of amides is 3. The van der Waals surface area contributed by atoms with Crippen LogP contribution in [0.15, 0.2) is 24.3 Å². The standard InChI is InChI=1S/C15H23N3O2/c1-10(2)16-14(20)17-12-8-6-11(7-9-12)13(19)18-15(3,4)5/h6-10H,1-5H3,(H,18,19)(H2,16,17,20). The summed E-state index contributed by atoms with van der Waals surface area (Å²) in [6.07, 6.45) is 0. The minimum absolute atomic E-state index is 0.0758. The number of urea groups is 1. The molecule has 0 aliphatic carbocycles. The van der Waals surface area contributed by atoms with Gasteiger partial charge in [0.15, 0.2) is 0 Å². The van der Waals surface area contributed by atoms with E-state index in [1.807, 2.05) is 34.6 Å². The fourth-order valence-electron chi connectivity index (χ4n) is 1.55. The van der Waals surface area contributed by atoms with Crippen LogP contribution in [0.4, 0.5) is 10.5 Å². The van der Waals surface area contributed by atoms with Crippen LogP contribution in [-0.2, 0) is 0 Å². The zero-order valence-electron chi connectivity index (χ0n) is 12.7. The molecule has 0 saturated carbocycles. The zero-order valence-corrected chi connectivity index (χ0v) is 12.7. The van der Waals surface area contributed by atoms with Crippen molar-refractivity contribution in [2.24, 2.45) is 0 Å². The van der Waals surface area contributed by atoms with Gasteiger partial charge in [-0.05, 0) is 58.9 Å². The average Bonchev–Trinajstić information content (AvgIpc) is 2.26. The number of benzene rings is 1. The third kappa shape index (κ3) is 5.73. The van der Waals surface area contributed by atoms with E-state index >= 15 is 0 Å². The monoisotopic (exact) mass is 277 g/mol. The second-order valence-electron chi connectivity index (χ2n) is 6.03. The Morgan fingerprint density at radius 3 is 2.05 bits per heavy atom. The molecule has 0 saturated heterocycles. The summed E-state index contributed by atoms with van der Waals surface area (Å²) in [5.74, 6) is -0.129. The molecular formula is C15H23N3O2. The highest BCUT2D eigenvalue weighted by Crippen LogP contribution is 2.11. The van der Waals surface area contributed by atoms with Crippen LogP contribution in [0.5, 0.6) is 0 Å². The largest absolute Gasteiger partial charge is 0.347 e. The van der Waals surface area contributed by atoms with Crippen molar-refractivity contribution in [2.45, 2.75) is 46.2 Å². The van der Waals surface area contributed by atoms with Crippen LogP contribution >= 0.6 is 0 Å². The van der Waals surface area contributed by atoms with Gasteiger partial charge < -0.3 is 16.0 Å². The first-order valence-electron chi connectivity index (χ1n) is 6.67. The Morgan fingerprint density at radius 1 is 1.05 bits per heavy atom. The van der Waals surface area contributed by atoms with Gasteiger partial charge >= 0.3 is 6.03 Å². The highest BCUT2D eigenvalue weighted by Gasteiger charge is 2.15. The molecule has 0 atom stereocenters. The lowest BCUT2D eigenvalue weighted by Gasteiger charge is -2.20. The summed E-state index contributed by atoms with van der Waals surface area (Å²) in [6, 6.07) is 6.60. The summed E-state index contributed by atoms with van der Waals surface area (Å²) >= 11 is 0. The summed E-state index contributed by atoms with van der Waals surface area (Å²) in [7, 11) is 0. The minimum Gasteiger partial charge on any atom is -0.347 e. The number of hydrogen-bond donors (Lipinski definition) is 3. The Hall–Kier alpha value is -2.04. The molecule has 0 unspecified atom stereocenters. The fraction of sp³-hybridized carbons (Fsp3) is 0.467. The van der Waals surface area contributed by atoms with Crippen molar-refractivity contribution in [3.63, 3.8) is 0 Å². The molecule has 1 aromatic rings. The van der Waals surface area contributed by atoms with Crippen molar-refractivity contribution < 1.29 is 9.59 Å². The van der Waals surface area contributed by atoms with E-state index in [1.54, 1.807) is 24.3 Å². The Bertz CT molecular complexity index is 473. The lowest BCUT2D eigenvalue weighted by atomic mass is 10.1. The third-order valence-electron chi connectivity index (χ3n) is 2.31. The quantitative estimate of drug-likeness (QED) is 0.795. The molecule has 5 nitrogen and oxygen atoms in total. The summed E-state index contributed by atoms with van der Waals surface area (Å²) in [4.78, 5) is 23.5. The normalized spacial score (nSPS) is 11.1. The molecule has 3 N–H and O–H groups in total. The first-order valence-corrected chi connectivity index (χ1v) is 6.67. The Balaban J connectivity index is 2.65. The van der Waals surface area contributed by atoms with Crippen molar-refractivity contribution in [2.75, 3.05) is 5.32 Å². The van der Waals surface area contributed by atoms with Crippen LogP contribution in [0.3, 0.4) is 0 Å². The van der Waals surface area contributed by atoms with Crippen LogP contribution in [-0.4, -0.2) is 23.5 Å². The van der Waals surface area contributed by atoms with Gasteiger partial charge in [-0.25, -0.2) is 4.79 Å². The molecular weight excluding hydrogens is 254 g/mol. The van der Waals surface area contributed by atoms with Gasteiger partial charge in [0.1, 0.15) is 0 Å². The van der Waals surface area contributed by atoms with Crippen LogP contribution in [0.25, 0.3) is 0 Å². The number of anilines is 1. The van der Waals surface area contributed by atoms with Crippen LogP contribution < -0.4 is 16.0 Å². The highest BCUT2D eigenvalue weighted by atomic mass is 16.2. The maximum absolute atomic E-state index is 11.9. The predicted octanol–water partition coefficient (Wildman–Crippen LogP) is 2.74. The molecule has 0 aromatic heterocycles. The van der Waals surface area contributed by atoms with Crippen LogP contribution in [0.2, 0.25) is 0 Å². The Morgan fingerprint density at radius 2 is 1.60 bits per heavy atom. The lowest BCUT2D eigenvalue weighted by molar-refractivity contribution is 0.0919. The first kappa shape index (κ1) is 16.0. The van der Waals surface area contributed by atoms with E-state index in [-0.39, 0.29) is 23.5 Å². The van der Waals surface area contributed by atoms with Crippen molar-refractivity contribution in [3.05, 3.63) is 29.8 Å². The second kappa shape index (κ2) is 6.41. The molecule has 0 bridgehead atoms. The van der Waals surface area contributed by atoms with Gasteiger partial charge in [0.25, 0.3) is 5.91 Å². The Labute approximate surface area is 120 Å². The molecule has 0 spiro atoms. The molecule has 0 radical (unpaired) electrons. The summed E-state index contributed by atoms with van der Waals surface area (Å²) in [5.41, 5.74) is 0.940. The van der Waals surface area contributed by atoms with Gasteiger partial charge in [0.05, 0.1) is 0 Å². The van der Waals surface area contributed by atoms with Crippen LogP contribution in [0.1, 0.15) is 45.0 Å². The number of rotatable bonds is 3. The van der Waals surface area contributed by atoms with Crippen molar-refractivity contribution >= 4 is 17.6 Å². The molecule has 110 valence electrons. The fourth-order valence-corrected chi connectivity index (χ4v) is 1.55. The van der Waals surface area contributed by atoms with E-state index in [9.17, 15) is 9.59 Å². The molecule has 0 aliphatic heterocycles. The third-order valence-corrected chi connectivity index (χ3v) is 2.31. The molecule has 3 amide bonds. The lowest BCUT2D eigenvalue weighted by Crippen LogP contribution is -2.40. The maximum Gasteiger partial charge on any atom is 0.319 e. The van der Waals surface area contributed by atoms with Gasteiger partial charge in [-0.1, -0.05) is 0 Å². The molecule has 20 heavy (non-hydrogen) atoms. The summed E-state index contributed by atoms with van der Waals surface area (Å²) < 4.78 is 0. The van der Waals surface area contributed by atoms with Gasteiger partial charge in [-0.2, -0.15) is 0 Å². The molecule has 1 aromatic carbocycles. The highest BCUT2D eigenvalue weighted by molar-refractivity contribution is 5.95. The number of carbonyl (C=O) groups is 2. The van der Waals surface area contributed by atoms with E-state index in [0.29, 0.717) is 11.3 Å². The van der Waals surface area contributed by atoms with Crippen LogP contribution in [0, 0.1) is 0 Å². The molecule has 0 fully saturated rings. The van der Waals surface area contributed by atoms with Crippen molar-refractivity contribution in [3.8, 4) is 0 Å². The smallest absolute Gasteiger partial charge is 0.319 e. The van der Waals surface area contributed by atoms with E-state index in [2.05, 4.69) is 16.0 Å². The van der Waals surface area contributed by atoms with E-state index in [1.165, 1.54) is 0 Å². The number of carbonyl (C=O) groups excluding carboxylic acids is 2. The van der Waals surface area contributed by atoms with Crippen molar-refractivity contribution in [1.82, 2.24) is 10.6 Å². The number of hydrogen-bond acceptors (Lipinski definition) is 2. The SMILES string of the molecule is CC(C)NC(=O)Nc1ccc(C(=O)NC(C)(C)C)cc1. The maximum atomic E-state index is 11.9. The topological polar surface area (TPSA) is 70.2 Å². The first-order chi connectivity index (χ1) is 9.17. The average molecular weight is 277 g/mol.